The van der Waals surface area contributed by atoms with Gasteiger partial charge in [-0.1, -0.05) is 40.2 Å². The Bertz CT molecular complexity index is 582. The van der Waals surface area contributed by atoms with Crippen molar-refractivity contribution in [3.8, 4) is 5.75 Å². The number of benzene rings is 2. The summed E-state index contributed by atoms with van der Waals surface area (Å²) in [7, 11) is 0. The van der Waals surface area contributed by atoms with Gasteiger partial charge in [0, 0.05) is 17.6 Å². The summed E-state index contributed by atoms with van der Waals surface area (Å²) in [5.41, 5.74) is 2.12. The van der Waals surface area contributed by atoms with E-state index in [1.807, 2.05) is 36.4 Å². The molecular formula is C16H17BrN2O2. The van der Waals surface area contributed by atoms with E-state index < -0.39 is 0 Å². The molecule has 3 N–H and O–H groups in total. The number of aromatic hydroxyl groups is 1. The van der Waals surface area contributed by atoms with Gasteiger partial charge in [-0.25, -0.2) is 4.79 Å². The molecule has 0 saturated carbocycles. The van der Waals surface area contributed by atoms with Crippen LogP contribution in [-0.2, 0) is 13.0 Å². The summed E-state index contributed by atoms with van der Waals surface area (Å²) >= 11 is 3.37. The van der Waals surface area contributed by atoms with Crippen LogP contribution >= 0.6 is 15.9 Å². The predicted molar refractivity (Wildman–Crippen MR) is 86.2 cm³/mol. The van der Waals surface area contributed by atoms with Crippen LogP contribution in [0.2, 0.25) is 0 Å². The zero-order valence-corrected chi connectivity index (χ0v) is 13.1. The van der Waals surface area contributed by atoms with Crippen molar-refractivity contribution in [2.75, 3.05) is 6.54 Å². The van der Waals surface area contributed by atoms with Gasteiger partial charge in [0.25, 0.3) is 0 Å². The van der Waals surface area contributed by atoms with Gasteiger partial charge in [-0.05, 0) is 41.8 Å². The highest BCUT2D eigenvalue weighted by atomic mass is 79.9. The molecule has 0 aliphatic carbocycles. The maximum absolute atomic E-state index is 11.7. The number of carbonyl (C=O) groups is 1. The van der Waals surface area contributed by atoms with E-state index in [1.54, 1.807) is 12.1 Å². The van der Waals surface area contributed by atoms with Gasteiger partial charge in [0.1, 0.15) is 5.75 Å². The second kappa shape index (κ2) is 7.69. The molecule has 0 atom stereocenters. The van der Waals surface area contributed by atoms with Crippen LogP contribution in [0.3, 0.4) is 0 Å². The van der Waals surface area contributed by atoms with Gasteiger partial charge in [-0.2, -0.15) is 0 Å². The molecule has 0 fully saturated rings. The Morgan fingerprint density at radius 2 is 1.57 bits per heavy atom. The van der Waals surface area contributed by atoms with Crippen LogP contribution < -0.4 is 10.6 Å². The highest BCUT2D eigenvalue weighted by molar-refractivity contribution is 9.10. The van der Waals surface area contributed by atoms with Gasteiger partial charge in [-0.15, -0.1) is 0 Å². The Labute approximate surface area is 132 Å². The minimum Gasteiger partial charge on any atom is -0.508 e. The molecule has 5 heteroatoms. The number of amides is 2. The Kier molecular flexibility index (Phi) is 5.63. The van der Waals surface area contributed by atoms with Crippen molar-refractivity contribution in [2.24, 2.45) is 0 Å². The molecule has 0 radical (unpaired) electrons. The van der Waals surface area contributed by atoms with E-state index in [0.717, 1.165) is 22.0 Å². The molecule has 21 heavy (non-hydrogen) atoms. The van der Waals surface area contributed by atoms with Crippen molar-refractivity contribution in [3.05, 3.63) is 64.1 Å². The van der Waals surface area contributed by atoms with E-state index in [9.17, 15) is 9.90 Å². The summed E-state index contributed by atoms with van der Waals surface area (Å²) < 4.78 is 1.02. The fraction of sp³-hybridized carbons (Fsp3) is 0.188. The molecule has 2 aromatic carbocycles. The Morgan fingerprint density at radius 1 is 0.952 bits per heavy atom. The largest absolute Gasteiger partial charge is 0.508 e. The van der Waals surface area contributed by atoms with Crippen LogP contribution in [-0.4, -0.2) is 17.7 Å². The minimum atomic E-state index is -0.184. The quantitative estimate of drug-likeness (QED) is 0.776. The van der Waals surface area contributed by atoms with Crippen molar-refractivity contribution in [1.29, 1.82) is 0 Å². The standard InChI is InChI=1S/C16H17BrN2O2/c17-14-5-1-13(2-6-14)11-19-16(21)18-10-9-12-3-7-15(20)8-4-12/h1-8,20H,9-11H2,(H2,18,19,21). The fourth-order valence-electron chi connectivity index (χ4n) is 1.83. The normalized spacial score (nSPS) is 10.1. The number of urea groups is 1. The molecule has 2 aromatic rings. The molecule has 2 amide bonds. The molecule has 0 unspecified atom stereocenters. The van der Waals surface area contributed by atoms with Gasteiger partial charge in [0.15, 0.2) is 0 Å². The lowest BCUT2D eigenvalue weighted by atomic mass is 10.1. The maximum Gasteiger partial charge on any atom is 0.315 e. The summed E-state index contributed by atoms with van der Waals surface area (Å²) in [6.07, 6.45) is 0.728. The molecule has 0 aliphatic rings. The van der Waals surface area contributed by atoms with Gasteiger partial charge in [-0.3, -0.25) is 0 Å². The van der Waals surface area contributed by atoms with E-state index in [0.29, 0.717) is 13.1 Å². The van der Waals surface area contributed by atoms with Gasteiger partial charge in [0.2, 0.25) is 0 Å². The number of nitrogens with one attached hydrogen (secondary N) is 2. The van der Waals surface area contributed by atoms with E-state index in [1.165, 1.54) is 0 Å². The first kappa shape index (κ1) is 15.4. The van der Waals surface area contributed by atoms with Crippen LogP contribution in [0.1, 0.15) is 11.1 Å². The number of phenols is 1. The van der Waals surface area contributed by atoms with Crippen LogP contribution in [0.4, 0.5) is 4.79 Å². The third kappa shape index (κ3) is 5.47. The fourth-order valence-corrected chi connectivity index (χ4v) is 2.09. The molecule has 0 spiro atoms. The molecule has 4 nitrogen and oxygen atoms in total. The number of rotatable bonds is 5. The summed E-state index contributed by atoms with van der Waals surface area (Å²) in [4.78, 5) is 11.7. The van der Waals surface area contributed by atoms with Crippen molar-refractivity contribution < 1.29 is 9.90 Å². The highest BCUT2D eigenvalue weighted by Crippen LogP contribution is 2.10. The molecule has 0 aromatic heterocycles. The number of carbonyl (C=O) groups excluding carboxylic acids is 1. The average Bonchev–Trinajstić information content (AvgIpc) is 2.49. The first-order valence-electron chi connectivity index (χ1n) is 6.67. The molecule has 0 saturated heterocycles. The number of halogens is 1. The minimum absolute atomic E-state index is 0.184. The predicted octanol–water partition coefficient (Wildman–Crippen LogP) is 3.20. The van der Waals surface area contributed by atoms with Crippen LogP contribution in [0.25, 0.3) is 0 Å². The third-order valence-electron chi connectivity index (χ3n) is 3.00. The third-order valence-corrected chi connectivity index (χ3v) is 3.53. The van der Waals surface area contributed by atoms with Gasteiger partial charge < -0.3 is 15.7 Å². The molecule has 0 aliphatic heterocycles. The smallest absolute Gasteiger partial charge is 0.315 e. The second-order valence-electron chi connectivity index (χ2n) is 4.65. The Balaban J connectivity index is 1.67. The topological polar surface area (TPSA) is 61.4 Å². The van der Waals surface area contributed by atoms with Crippen molar-refractivity contribution in [2.45, 2.75) is 13.0 Å². The molecule has 110 valence electrons. The Morgan fingerprint density at radius 3 is 2.24 bits per heavy atom. The monoisotopic (exact) mass is 348 g/mol. The van der Waals surface area contributed by atoms with E-state index in [2.05, 4.69) is 26.6 Å². The zero-order valence-electron chi connectivity index (χ0n) is 11.5. The molecular weight excluding hydrogens is 332 g/mol. The average molecular weight is 349 g/mol. The SMILES string of the molecule is O=C(NCCc1ccc(O)cc1)NCc1ccc(Br)cc1. The zero-order chi connectivity index (χ0) is 15.1. The van der Waals surface area contributed by atoms with Crippen molar-refractivity contribution >= 4 is 22.0 Å². The lowest BCUT2D eigenvalue weighted by molar-refractivity contribution is 0.240. The lowest BCUT2D eigenvalue weighted by Crippen LogP contribution is -2.36. The second-order valence-corrected chi connectivity index (χ2v) is 5.57. The number of phenolic OH excluding ortho intramolecular Hbond substituents is 1. The summed E-state index contributed by atoms with van der Waals surface area (Å²) in [6.45, 7) is 1.05. The van der Waals surface area contributed by atoms with Crippen LogP contribution in [0.15, 0.2) is 53.0 Å². The summed E-state index contributed by atoms with van der Waals surface area (Å²) in [5.74, 6) is 0.249. The maximum atomic E-state index is 11.7. The van der Waals surface area contributed by atoms with E-state index in [-0.39, 0.29) is 11.8 Å². The van der Waals surface area contributed by atoms with Crippen LogP contribution in [0.5, 0.6) is 5.75 Å². The lowest BCUT2D eigenvalue weighted by Gasteiger charge is -2.08. The highest BCUT2D eigenvalue weighted by Gasteiger charge is 2.00. The summed E-state index contributed by atoms with van der Waals surface area (Å²) in [6, 6.07) is 14.6. The first-order chi connectivity index (χ1) is 10.1. The van der Waals surface area contributed by atoms with Gasteiger partial charge in [0.05, 0.1) is 0 Å². The van der Waals surface area contributed by atoms with E-state index in [4.69, 9.17) is 0 Å². The van der Waals surface area contributed by atoms with Crippen molar-refractivity contribution in [1.82, 2.24) is 10.6 Å². The number of hydrogen-bond acceptors (Lipinski definition) is 2. The van der Waals surface area contributed by atoms with Crippen molar-refractivity contribution in [3.63, 3.8) is 0 Å². The molecule has 0 heterocycles. The van der Waals surface area contributed by atoms with Crippen LogP contribution in [0, 0.1) is 0 Å². The molecule has 0 bridgehead atoms. The summed E-state index contributed by atoms with van der Waals surface area (Å²) in [5, 5.41) is 14.8. The molecule has 2 rings (SSSR count). The number of hydrogen-bond donors (Lipinski definition) is 3. The van der Waals surface area contributed by atoms with Gasteiger partial charge >= 0.3 is 6.03 Å². The van der Waals surface area contributed by atoms with E-state index >= 15 is 0 Å². The Hall–Kier alpha value is -2.01. The first-order valence-corrected chi connectivity index (χ1v) is 7.47.